The molecule has 7 heavy (non-hydrogen) atoms. The molecule has 0 aliphatic heterocycles. The maximum atomic E-state index is 3.39. The summed E-state index contributed by atoms with van der Waals surface area (Å²) in [7, 11) is 0. The smallest absolute Gasteiger partial charge is 1.00 e. The predicted octanol–water partition coefficient (Wildman–Crippen LogP) is 2.03. The van der Waals surface area contributed by atoms with Crippen LogP contribution in [0.25, 0.3) is 0 Å². The van der Waals surface area contributed by atoms with Crippen molar-refractivity contribution in [3.05, 3.63) is 0 Å². The molecule has 40 valence electrons. The molecule has 1 saturated carbocycles. The molecular formula is C5H11BrMg. The quantitative estimate of drug-likeness (QED) is 0.445. The summed E-state index contributed by atoms with van der Waals surface area (Å²) in [5, 5.41) is 1.21. The third-order valence-electron chi connectivity index (χ3n) is 1.21. The normalized spacial score (nSPS) is 18.4. The van der Waals surface area contributed by atoms with Crippen molar-refractivity contribution in [2.45, 2.75) is 19.3 Å². The van der Waals surface area contributed by atoms with Crippen LogP contribution in [-0.4, -0.2) is 28.4 Å². The molecule has 0 saturated heterocycles. The van der Waals surface area contributed by atoms with Gasteiger partial charge in [0.15, 0.2) is 0 Å². The van der Waals surface area contributed by atoms with Crippen molar-refractivity contribution in [3.63, 3.8) is 0 Å². The first-order valence-corrected chi connectivity index (χ1v) is 3.61. The third kappa shape index (κ3) is 3.80. The van der Waals surface area contributed by atoms with Crippen molar-refractivity contribution in [2.24, 2.45) is 5.92 Å². The van der Waals surface area contributed by atoms with Gasteiger partial charge in [0.05, 0.1) is 0 Å². The van der Waals surface area contributed by atoms with E-state index in [4.69, 9.17) is 0 Å². The molecule has 0 bridgehead atoms. The van der Waals surface area contributed by atoms with E-state index in [1.165, 1.54) is 24.6 Å². The van der Waals surface area contributed by atoms with Crippen molar-refractivity contribution < 1.29 is 2.85 Å². The topological polar surface area (TPSA) is 0 Å². The van der Waals surface area contributed by atoms with Gasteiger partial charge in [-0.3, -0.25) is 0 Å². The molecule has 1 rings (SSSR count). The Kier molecular flexibility index (Phi) is 4.90. The Morgan fingerprint density at radius 1 is 1.57 bits per heavy atom. The molecule has 0 amide bonds. The first-order valence-electron chi connectivity index (χ1n) is 2.49. The average Bonchev–Trinajstić information content (AvgIpc) is 2.21. The van der Waals surface area contributed by atoms with Crippen LogP contribution in [0, 0.1) is 5.92 Å². The molecule has 0 unspecified atom stereocenters. The molecule has 0 aromatic heterocycles. The Hall–Kier alpha value is 1.25. The minimum absolute atomic E-state index is 0. The molecule has 1 fully saturated rings. The van der Waals surface area contributed by atoms with Gasteiger partial charge in [0.1, 0.15) is 0 Å². The summed E-state index contributed by atoms with van der Waals surface area (Å²) < 4.78 is 0. The minimum Gasteiger partial charge on any atom is -1.00 e. The molecule has 1 aliphatic carbocycles. The van der Waals surface area contributed by atoms with Gasteiger partial charge in [-0.25, -0.2) is 0 Å². The van der Waals surface area contributed by atoms with Crippen LogP contribution in [0.1, 0.15) is 22.1 Å². The molecular weight excluding hydrogens is 164 g/mol. The maximum absolute atomic E-state index is 3.39. The van der Waals surface area contributed by atoms with Gasteiger partial charge in [-0.2, -0.15) is 0 Å². The van der Waals surface area contributed by atoms with Gasteiger partial charge < -0.3 is 2.85 Å². The Bertz CT molecular complexity index is 50.2. The van der Waals surface area contributed by atoms with Crippen LogP contribution < -0.4 is 0 Å². The largest absolute Gasteiger partial charge is 2.00 e. The molecule has 0 heterocycles. The average molecular weight is 175 g/mol. The van der Waals surface area contributed by atoms with E-state index in [0.717, 1.165) is 5.92 Å². The van der Waals surface area contributed by atoms with E-state index in [1.54, 1.807) is 0 Å². The van der Waals surface area contributed by atoms with Crippen molar-refractivity contribution in [2.75, 3.05) is 5.33 Å². The number of hydrogen-bond acceptors (Lipinski definition) is 0. The first kappa shape index (κ1) is 8.25. The van der Waals surface area contributed by atoms with E-state index in [9.17, 15) is 0 Å². The van der Waals surface area contributed by atoms with Gasteiger partial charge in [-0.15, -0.1) is 0 Å². The van der Waals surface area contributed by atoms with Gasteiger partial charge >= 0.3 is 23.1 Å². The monoisotopic (exact) mass is 174 g/mol. The number of halogens is 1. The van der Waals surface area contributed by atoms with Crippen LogP contribution in [0.2, 0.25) is 0 Å². The SMILES string of the molecule is BrCCC1CC1.[H-].[H-].[Mg+2]. The standard InChI is InChI=1S/C5H9Br.Mg.2H/c6-4-3-5-1-2-5;;;/h5H,1-4H2;;;/q;+2;2*-1. The second kappa shape index (κ2) is 4.16. The molecule has 0 nitrogen and oxygen atoms in total. The summed E-state index contributed by atoms with van der Waals surface area (Å²) >= 11 is 3.39. The van der Waals surface area contributed by atoms with E-state index in [0.29, 0.717) is 0 Å². The van der Waals surface area contributed by atoms with E-state index in [2.05, 4.69) is 15.9 Å². The fourth-order valence-corrected chi connectivity index (χ4v) is 1.21. The number of alkyl halides is 1. The van der Waals surface area contributed by atoms with Crippen LogP contribution in [0.3, 0.4) is 0 Å². The van der Waals surface area contributed by atoms with Crippen LogP contribution in [0.5, 0.6) is 0 Å². The van der Waals surface area contributed by atoms with Gasteiger partial charge in [-0.05, 0) is 12.3 Å². The van der Waals surface area contributed by atoms with Crippen LogP contribution in [0.4, 0.5) is 0 Å². The molecule has 0 radical (unpaired) electrons. The molecule has 2 heteroatoms. The van der Waals surface area contributed by atoms with Gasteiger partial charge in [0.2, 0.25) is 0 Å². The van der Waals surface area contributed by atoms with E-state index in [-0.39, 0.29) is 25.9 Å². The fraction of sp³-hybridized carbons (Fsp3) is 1.00. The summed E-state index contributed by atoms with van der Waals surface area (Å²) in [5.41, 5.74) is 0. The summed E-state index contributed by atoms with van der Waals surface area (Å²) in [6.07, 6.45) is 4.39. The third-order valence-corrected chi connectivity index (χ3v) is 1.67. The van der Waals surface area contributed by atoms with Crippen molar-refractivity contribution in [1.29, 1.82) is 0 Å². The van der Waals surface area contributed by atoms with E-state index in [1.807, 2.05) is 0 Å². The summed E-state index contributed by atoms with van der Waals surface area (Å²) in [6, 6.07) is 0. The summed E-state index contributed by atoms with van der Waals surface area (Å²) in [6.45, 7) is 0. The Balaban J connectivity index is -0.000000120. The second-order valence-corrected chi connectivity index (χ2v) is 2.71. The van der Waals surface area contributed by atoms with Crippen LogP contribution in [0.15, 0.2) is 0 Å². The van der Waals surface area contributed by atoms with Crippen LogP contribution in [-0.2, 0) is 0 Å². The summed E-state index contributed by atoms with van der Waals surface area (Å²) in [5.74, 6) is 1.10. The molecule has 0 atom stereocenters. The number of rotatable bonds is 2. The van der Waals surface area contributed by atoms with Gasteiger partial charge in [0, 0.05) is 5.33 Å². The fourth-order valence-electron chi connectivity index (χ4n) is 0.561. The molecule has 0 N–H and O–H groups in total. The van der Waals surface area contributed by atoms with Crippen molar-refractivity contribution >= 4 is 39.0 Å². The molecule has 1 aliphatic rings. The van der Waals surface area contributed by atoms with Crippen LogP contribution >= 0.6 is 15.9 Å². The van der Waals surface area contributed by atoms with Crippen molar-refractivity contribution in [3.8, 4) is 0 Å². The zero-order valence-electron chi connectivity index (χ0n) is 6.49. The maximum Gasteiger partial charge on any atom is 2.00 e. The first-order chi connectivity index (χ1) is 2.93. The Labute approximate surface area is 72.3 Å². The number of hydrogen-bond donors (Lipinski definition) is 0. The molecule has 0 aromatic rings. The molecule has 0 spiro atoms. The van der Waals surface area contributed by atoms with E-state index < -0.39 is 0 Å². The Morgan fingerprint density at radius 3 is 2.29 bits per heavy atom. The second-order valence-electron chi connectivity index (χ2n) is 1.92. The minimum atomic E-state index is 0. The summed E-state index contributed by atoms with van der Waals surface area (Å²) in [4.78, 5) is 0. The predicted molar refractivity (Wildman–Crippen MR) is 39.1 cm³/mol. The van der Waals surface area contributed by atoms with Gasteiger partial charge in [0.25, 0.3) is 0 Å². The zero-order chi connectivity index (χ0) is 4.41. The van der Waals surface area contributed by atoms with E-state index >= 15 is 0 Å². The van der Waals surface area contributed by atoms with Crippen molar-refractivity contribution in [1.82, 2.24) is 0 Å². The zero-order valence-corrected chi connectivity index (χ0v) is 7.49. The molecule has 0 aromatic carbocycles. The van der Waals surface area contributed by atoms with Gasteiger partial charge in [-0.1, -0.05) is 28.8 Å². The Morgan fingerprint density at radius 2 is 2.14 bits per heavy atom.